The predicted molar refractivity (Wildman–Crippen MR) is 108 cm³/mol. The maximum absolute atomic E-state index is 6.49. The first-order valence-corrected chi connectivity index (χ1v) is 10.1. The van der Waals surface area contributed by atoms with E-state index in [9.17, 15) is 0 Å². The van der Waals surface area contributed by atoms with E-state index in [0.29, 0.717) is 11.8 Å². The molecule has 26 heavy (non-hydrogen) atoms. The van der Waals surface area contributed by atoms with Crippen molar-refractivity contribution in [3.8, 4) is 0 Å². The Bertz CT molecular complexity index is 692. The number of hydrogen-bond acceptors (Lipinski definition) is 3. The van der Waals surface area contributed by atoms with Crippen LogP contribution in [0.2, 0.25) is 0 Å². The van der Waals surface area contributed by atoms with E-state index in [1.54, 1.807) is 0 Å². The van der Waals surface area contributed by atoms with E-state index in [0.717, 1.165) is 0 Å². The van der Waals surface area contributed by atoms with Crippen LogP contribution in [0, 0.1) is 5.92 Å². The van der Waals surface area contributed by atoms with Crippen molar-refractivity contribution < 1.29 is 13.7 Å². The Labute approximate surface area is 162 Å². The van der Waals surface area contributed by atoms with E-state index in [1.807, 2.05) is 0 Å². The van der Waals surface area contributed by atoms with Crippen LogP contribution in [0.1, 0.15) is 91.0 Å². The smallest absolute Gasteiger partial charge is 0.411 e. The van der Waals surface area contributed by atoms with Crippen molar-refractivity contribution >= 4 is 23.1 Å². The van der Waals surface area contributed by atoms with Crippen LogP contribution < -0.4 is 5.46 Å². The zero-order chi connectivity index (χ0) is 19.7. The third kappa shape index (κ3) is 2.92. The summed E-state index contributed by atoms with van der Waals surface area (Å²) in [6, 6.07) is 4.47. The quantitative estimate of drug-likeness (QED) is 0.730. The minimum atomic E-state index is -0.354. The molecule has 3 radical (unpaired) electrons. The Morgan fingerprint density at radius 3 is 2.04 bits per heavy atom. The lowest BCUT2D eigenvalue weighted by Gasteiger charge is -2.32. The molecule has 0 N–H and O–H groups in total. The summed E-state index contributed by atoms with van der Waals surface area (Å²) >= 11 is 0. The van der Waals surface area contributed by atoms with Gasteiger partial charge >= 0.3 is 7.12 Å². The highest BCUT2D eigenvalue weighted by atomic mass is 28.2. The van der Waals surface area contributed by atoms with Gasteiger partial charge in [0.05, 0.1) is 17.3 Å². The molecule has 1 aromatic carbocycles. The molecular weight excluding hydrogens is 339 g/mol. The fraction of sp³-hybridized carbons (Fsp3) is 0.714. The summed E-state index contributed by atoms with van der Waals surface area (Å²) < 4.78 is 18.6. The minimum absolute atomic E-state index is 0.00380. The first-order chi connectivity index (χ1) is 11.8. The largest absolute Gasteiger partial charge is 0.495 e. The second-order valence-electron chi connectivity index (χ2n) is 10.1. The summed E-state index contributed by atoms with van der Waals surface area (Å²) in [6.07, 6.45) is 0.0480. The average Bonchev–Trinajstić information content (AvgIpc) is 2.87. The molecule has 0 saturated carbocycles. The molecular formula is C21H32BO3Si. The van der Waals surface area contributed by atoms with Gasteiger partial charge in [0.1, 0.15) is 0 Å². The maximum Gasteiger partial charge on any atom is 0.495 e. The van der Waals surface area contributed by atoms with Gasteiger partial charge in [0, 0.05) is 0 Å². The molecule has 2 aliphatic rings. The number of benzene rings is 1. The molecule has 1 aliphatic heterocycles. The van der Waals surface area contributed by atoms with Crippen molar-refractivity contribution in [2.24, 2.45) is 5.92 Å². The van der Waals surface area contributed by atoms with Gasteiger partial charge in [-0.2, -0.15) is 0 Å². The van der Waals surface area contributed by atoms with Crippen LogP contribution >= 0.6 is 0 Å². The number of fused-ring (bicyclic) bond motifs is 1. The van der Waals surface area contributed by atoms with Gasteiger partial charge in [-0.3, -0.25) is 0 Å². The molecule has 0 bridgehead atoms. The van der Waals surface area contributed by atoms with E-state index in [-0.39, 0.29) is 29.8 Å². The topological polar surface area (TPSA) is 27.7 Å². The second-order valence-corrected chi connectivity index (χ2v) is 10.3. The first-order valence-electron chi connectivity index (χ1n) is 9.67. The lowest BCUT2D eigenvalue weighted by atomic mass is 9.65. The van der Waals surface area contributed by atoms with Gasteiger partial charge in [-0.05, 0) is 67.1 Å². The van der Waals surface area contributed by atoms with Crippen LogP contribution in [0.4, 0.5) is 0 Å². The van der Waals surface area contributed by atoms with Gasteiger partial charge in [0.2, 0.25) is 10.5 Å². The van der Waals surface area contributed by atoms with Crippen molar-refractivity contribution in [1.29, 1.82) is 0 Å². The molecule has 3 rings (SSSR count). The Balaban J connectivity index is 2.23. The van der Waals surface area contributed by atoms with Crippen LogP contribution in [0.15, 0.2) is 12.1 Å². The minimum Gasteiger partial charge on any atom is -0.411 e. The third-order valence-electron chi connectivity index (χ3n) is 6.77. The van der Waals surface area contributed by atoms with E-state index in [4.69, 9.17) is 13.7 Å². The summed E-state index contributed by atoms with van der Waals surface area (Å²) in [5.74, 6) is 0.765. The Kier molecular flexibility index (Phi) is 4.80. The highest BCUT2D eigenvalue weighted by molar-refractivity contribution is 6.63. The van der Waals surface area contributed by atoms with Gasteiger partial charge < -0.3 is 13.7 Å². The van der Waals surface area contributed by atoms with E-state index < -0.39 is 0 Å². The molecule has 0 spiro atoms. The van der Waals surface area contributed by atoms with Crippen molar-refractivity contribution in [3.05, 3.63) is 28.8 Å². The lowest BCUT2D eigenvalue weighted by molar-refractivity contribution is 0.00578. The fourth-order valence-electron chi connectivity index (χ4n) is 4.26. The molecule has 1 heterocycles. The fourth-order valence-corrected chi connectivity index (χ4v) is 4.60. The number of rotatable bonds is 2. The molecule has 1 aromatic rings. The van der Waals surface area contributed by atoms with Gasteiger partial charge in [-0.25, -0.2) is 0 Å². The van der Waals surface area contributed by atoms with Gasteiger partial charge in [-0.1, -0.05) is 46.8 Å². The van der Waals surface area contributed by atoms with Gasteiger partial charge in [0.25, 0.3) is 0 Å². The summed E-state index contributed by atoms with van der Waals surface area (Å²) in [6.45, 7) is 19.8. The zero-order valence-corrected chi connectivity index (χ0v) is 18.7. The van der Waals surface area contributed by atoms with E-state index >= 15 is 0 Å². The molecule has 0 aromatic heterocycles. The van der Waals surface area contributed by atoms with Crippen molar-refractivity contribution in [2.45, 2.75) is 91.0 Å². The highest BCUT2D eigenvalue weighted by Gasteiger charge is 2.54. The zero-order valence-electron chi connectivity index (χ0n) is 17.7. The lowest BCUT2D eigenvalue weighted by Crippen LogP contribution is -2.42. The molecule has 1 saturated heterocycles. The highest BCUT2D eigenvalue weighted by Crippen LogP contribution is 2.48. The summed E-state index contributed by atoms with van der Waals surface area (Å²) in [5.41, 5.74) is 4.39. The monoisotopic (exact) mass is 371 g/mol. The van der Waals surface area contributed by atoms with Crippen molar-refractivity contribution in [1.82, 2.24) is 0 Å². The first kappa shape index (κ1) is 20.1. The molecule has 3 nitrogen and oxygen atoms in total. The van der Waals surface area contributed by atoms with E-state index in [2.05, 4.69) is 84.9 Å². The Hall–Kier alpha value is -0.618. The Morgan fingerprint density at radius 2 is 1.58 bits per heavy atom. The van der Waals surface area contributed by atoms with Crippen LogP contribution in [-0.4, -0.2) is 28.8 Å². The predicted octanol–water partition coefficient (Wildman–Crippen LogP) is 4.18. The molecule has 0 amide bonds. The van der Waals surface area contributed by atoms with Gasteiger partial charge in [-0.15, -0.1) is 0 Å². The van der Waals surface area contributed by atoms with E-state index in [1.165, 1.54) is 22.2 Å². The molecule has 141 valence electrons. The summed E-state index contributed by atoms with van der Waals surface area (Å²) in [7, 11) is 2.95. The van der Waals surface area contributed by atoms with Crippen molar-refractivity contribution in [2.75, 3.05) is 0 Å². The molecule has 3 unspecified atom stereocenters. The maximum atomic E-state index is 6.49. The molecule has 1 aliphatic carbocycles. The normalized spacial score (nSPS) is 29.9. The molecule has 1 fully saturated rings. The van der Waals surface area contributed by atoms with Gasteiger partial charge in [0.15, 0.2) is 0 Å². The standard InChI is InChI=1S/C21H32BO3Si/c1-12-13(2)18(23-26)14-10-11-15(19(3,4)5)17(16(12)14)22-24-20(6,7)21(8,9)25-22/h10-13,18H,1-9H3. The molecule has 3 atom stereocenters. The molecule has 5 heteroatoms. The summed E-state index contributed by atoms with van der Waals surface area (Å²) in [4.78, 5) is 0. The van der Waals surface area contributed by atoms with Crippen LogP contribution in [0.3, 0.4) is 0 Å². The number of hydrogen-bond donors (Lipinski definition) is 0. The SMILES string of the molecule is CC1c2c(ccc(C(C)(C)C)c2B2OC(C)(C)C(C)(C)O2)C(O[Si])C1C. The van der Waals surface area contributed by atoms with Crippen LogP contribution in [-0.2, 0) is 19.1 Å². The Morgan fingerprint density at radius 1 is 1.04 bits per heavy atom. The third-order valence-corrected chi connectivity index (χ3v) is 7.03. The summed E-state index contributed by atoms with van der Waals surface area (Å²) in [5, 5.41) is 0. The van der Waals surface area contributed by atoms with Crippen LogP contribution in [0.5, 0.6) is 0 Å². The average molecular weight is 371 g/mol. The second kappa shape index (κ2) is 6.20. The van der Waals surface area contributed by atoms with Crippen molar-refractivity contribution in [3.63, 3.8) is 0 Å². The van der Waals surface area contributed by atoms with Crippen LogP contribution in [0.25, 0.3) is 0 Å².